The Morgan fingerprint density at radius 2 is 1.13 bits per heavy atom. The number of phosphoric acid groups is 1. The first-order valence-electron chi connectivity index (χ1n) is 10.4. The number of benzene rings is 2. The smallest absolute Gasteiger partial charge is 0.394 e. The Morgan fingerprint density at radius 1 is 0.767 bits per heavy atom. The summed E-state index contributed by atoms with van der Waals surface area (Å²) in [5.74, 6) is 0.908. The highest BCUT2D eigenvalue weighted by molar-refractivity contribution is 7.80. The molecule has 0 aliphatic carbocycles. The van der Waals surface area contributed by atoms with Crippen molar-refractivity contribution in [1.82, 2.24) is 0 Å². The Bertz CT molecular complexity index is 854. The molecule has 0 N–H and O–H groups in total. The lowest BCUT2D eigenvalue weighted by atomic mass is 9.85. The summed E-state index contributed by atoms with van der Waals surface area (Å²) in [4.78, 5) is 0. The second-order valence-electron chi connectivity index (χ2n) is 9.57. The summed E-state index contributed by atoms with van der Waals surface area (Å²) in [6.45, 7) is 16.7. The van der Waals surface area contributed by atoms with Gasteiger partial charge in [0.05, 0.1) is 0 Å². The Labute approximate surface area is 187 Å². The zero-order valence-electron chi connectivity index (χ0n) is 19.4. The van der Waals surface area contributed by atoms with E-state index in [1.807, 2.05) is 24.3 Å². The SMILES string of the molecule is CCc1ccc(OP(=O)(O[S])Oc2ccc(CC)cc2C(C)(C)C)c(C(C)(C)C)c1. The van der Waals surface area contributed by atoms with Crippen molar-refractivity contribution < 1.29 is 17.6 Å². The van der Waals surface area contributed by atoms with E-state index >= 15 is 0 Å². The first-order chi connectivity index (χ1) is 13.8. The average molecular weight is 450 g/mol. The minimum absolute atomic E-state index is 0.216. The van der Waals surface area contributed by atoms with Crippen LogP contribution in [0.25, 0.3) is 0 Å². The van der Waals surface area contributed by atoms with Gasteiger partial charge >= 0.3 is 7.82 Å². The fraction of sp³-hybridized carbons (Fsp3) is 0.500. The van der Waals surface area contributed by atoms with Crippen LogP contribution in [0, 0.1) is 0 Å². The van der Waals surface area contributed by atoms with E-state index in [1.54, 1.807) is 0 Å². The topological polar surface area (TPSA) is 44.8 Å². The standard InChI is InChI=1S/C24H34O4PS/c1-9-17-11-13-21(19(15-17)23(3,4)5)26-29(25,28-30)27-22-14-12-18(10-2)16-20(22)24(6,7)8/h11-16H,9-10H2,1-8H3. The second kappa shape index (κ2) is 9.38. The van der Waals surface area contributed by atoms with Gasteiger partial charge in [-0.05, 0) is 46.9 Å². The minimum Gasteiger partial charge on any atom is -0.394 e. The molecule has 2 aromatic carbocycles. The molecule has 165 valence electrons. The highest BCUT2D eigenvalue weighted by Gasteiger charge is 2.35. The number of aryl methyl sites for hydroxylation is 2. The Morgan fingerprint density at radius 3 is 1.40 bits per heavy atom. The predicted molar refractivity (Wildman–Crippen MR) is 127 cm³/mol. The maximum absolute atomic E-state index is 13.4. The van der Waals surface area contributed by atoms with E-state index < -0.39 is 7.82 Å². The van der Waals surface area contributed by atoms with Crippen LogP contribution in [-0.2, 0) is 32.2 Å². The zero-order chi connectivity index (χ0) is 22.7. The molecule has 30 heavy (non-hydrogen) atoms. The van der Waals surface area contributed by atoms with Gasteiger partial charge in [0.25, 0.3) is 0 Å². The van der Waals surface area contributed by atoms with Crippen LogP contribution in [0.3, 0.4) is 0 Å². The Balaban J connectivity index is 2.47. The summed E-state index contributed by atoms with van der Waals surface area (Å²) in [5.41, 5.74) is 3.77. The zero-order valence-corrected chi connectivity index (χ0v) is 21.1. The molecule has 0 amide bonds. The molecule has 0 aliphatic rings. The van der Waals surface area contributed by atoms with E-state index in [4.69, 9.17) is 25.9 Å². The van der Waals surface area contributed by atoms with Gasteiger partial charge in [0.2, 0.25) is 0 Å². The molecule has 4 nitrogen and oxygen atoms in total. The van der Waals surface area contributed by atoms with Gasteiger partial charge in [-0.15, -0.1) is 0 Å². The van der Waals surface area contributed by atoms with Gasteiger partial charge in [0.15, 0.2) is 0 Å². The molecule has 2 aromatic rings. The van der Waals surface area contributed by atoms with Gasteiger partial charge < -0.3 is 9.05 Å². The van der Waals surface area contributed by atoms with Crippen molar-refractivity contribution in [2.75, 3.05) is 0 Å². The van der Waals surface area contributed by atoms with Crippen molar-refractivity contribution in [3.63, 3.8) is 0 Å². The summed E-state index contributed by atoms with van der Waals surface area (Å²) in [6.07, 6.45) is 1.79. The molecule has 2 rings (SSSR count). The molecule has 0 aromatic heterocycles. The van der Waals surface area contributed by atoms with Crippen molar-refractivity contribution in [1.29, 1.82) is 0 Å². The number of rotatable bonds is 7. The molecule has 0 saturated heterocycles. The minimum atomic E-state index is -4.07. The molecule has 0 atom stereocenters. The molecule has 0 aliphatic heterocycles. The molecule has 0 unspecified atom stereocenters. The first-order valence-corrected chi connectivity index (χ1v) is 12.2. The second-order valence-corrected chi connectivity index (χ2v) is 11.4. The maximum Gasteiger partial charge on any atom is 0.600 e. The van der Waals surface area contributed by atoms with Crippen LogP contribution in [0.5, 0.6) is 11.5 Å². The maximum atomic E-state index is 13.4. The van der Waals surface area contributed by atoms with Gasteiger partial charge in [0.1, 0.15) is 24.4 Å². The first kappa shape index (κ1) is 24.8. The third-order valence-corrected chi connectivity index (χ3v) is 6.60. The third kappa shape index (κ3) is 6.06. The predicted octanol–water partition coefficient (Wildman–Crippen LogP) is 8.10. The molecule has 1 radical (unpaired) electrons. The summed E-state index contributed by atoms with van der Waals surface area (Å²) in [5, 5.41) is 0. The van der Waals surface area contributed by atoms with Crippen molar-refractivity contribution in [2.24, 2.45) is 0 Å². The Hall–Kier alpha value is -1.42. The summed E-state index contributed by atoms with van der Waals surface area (Å²) in [6, 6.07) is 11.7. The average Bonchev–Trinajstić information content (AvgIpc) is 2.66. The van der Waals surface area contributed by atoms with Crippen LogP contribution >= 0.6 is 20.7 Å². The molecular formula is C24H34O4PS. The van der Waals surface area contributed by atoms with E-state index in [-0.39, 0.29) is 10.8 Å². The Kier molecular flexibility index (Phi) is 7.77. The molecule has 0 bridgehead atoms. The molecule has 6 heteroatoms. The lowest BCUT2D eigenvalue weighted by Gasteiger charge is -2.27. The fourth-order valence-corrected chi connectivity index (χ4v) is 4.30. The van der Waals surface area contributed by atoms with E-state index in [2.05, 4.69) is 67.5 Å². The van der Waals surface area contributed by atoms with Crippen LogP contribution in [0.15, 0.2) is 36.4 Å². The number of phosphoric ester groups is 1. The normalized spacial score (nSPS) is 12.7. The van der Waals surface area contributed by atoms with Crippen molar-refractivity contribution in [2.45, 2.75) is 79.1 Å². The van der Waals surface area contributed by atoms with Crippen LogP contribution < -0.4 is 9.05 Å². The van der Waals surface area contributed by atoms with Crippen LogP contribution in [0.2, 0.25) is 0 Å². The summed E-state index contributed by atoms with van der Waals surface area (Å²) in [7, 11) is -4.07. The lowest BCUT2D eigenvalue weighted by Crippen LogP contribution is -2.16. The summed E-state index contributed by atoms with van der Waals surface area (Å²) < 4.78 is 30.0. The van der Waals surface area contributed by atoms with Crippen LogP contribution in [0.4, 0.5) is 0 Å². The molecule has 0 spiro atoms. The summed E-state index contributed by atoms with van der Waals surface area (Å²) >= 11 is 4.74. The fourth-order valence-electron chi connectivity index (χ4n) is 3.22. The van der Waals surface area contributed by atoms with Crippen molar-refractivity contribution in [3.8, 4) is 11.5 Å². The monoisotopic (exact) mass is 449 g/mol. The molecule has 0 saturated carbocycles. The van der Waals surface area contributed by atoms with Crippen LogP contribution in [0.1, 0.15) is 77.6 Å². The van der Waals surface area contributed by atoms with Crippen molar-refractivity contribution >= 4 is 20.7 Å². The third-order valence-electron chi connectivity index (χ3n) is 5.03. The van der Waals surface area contributed by atoms with Crippen LogP contribution in [-0.4, -0.2) is 0 Å². The molecule has 0 fully saturated rings. The molecule has 0 heterocycles. The van der Waals surface area contributed by atoms with E-state index in [0.29, 0.717) is 11.5 Å². The van der Waals surface area contributed by atoms with E-state index in [9.17, 15) is 4.57 Å². The van der Waals surface area contributed by atoms with E-state index in [1.165, 1.54) is 11.1 Å². The molecular weight excluding hydrogens is 415 g/mol. The van der Waals surface area contributed by atoms with Gasteiger partial charge in [0, 0.05) is 11.1 Å². The number of hydrogen-bond acceptors (Lipinski definition) is 4. The van der Waals surface area contributed by atoms with Gasteiger partial charge in [-0.2, -0.15) is 3.97 Å². The van der Waals surface area contributed by atoms with Gasteiger partial charge in [-0.3, -0.25) is 0 Å². The van der Waals surface area contributed by atoms with Gasteiger partial charge in [-0.1, -0.05) is 79.7 Å². The quantitative estimate of drug-likeness (QED) is 0.401. The highest BCUT2D eigenvalue weighted by Crippen LogP contribution is 2.53. The lowest BCUT2D eigenvalue weighted by molar-refractivity contribution is 0.309. The highest BCUT2D eigenvalue weighted by atomic mass is 32.1. The number of hydrogen-bond donors (Lipinski definition) is 0. The van der Waals surface area contributed by atoms with Crippen molar-refractivity contribution in [3.05, 3.63) is 58.7 Å². The van der Waals surface area contributed by atoms with Gasteiger partial charge in [-0.25, -0.2) is 4.57 Å². The van der Waals surface area contributed by atoms with E-state index in [0.717, 1.165) is 24.0 Å². The largest absolute Gasteiger partial charge is 0.600 e.